The molecule has 0 aliphatic rings. The molecule has 3 rings (SSSR count). The molecule has 1 heterocycles. The van der Waals surface area contributed by atoms with Gasteiger partial charge in [0, 0.05) is 35.4 Å². The summed E-state index contributed by atoms with van der Waals surface area (Å²) in [5.41, 5.74) is 2.82. The highest BCUT2D eigenvalue weighted by Crippen LogP contribution is 2.25. The fourth-order valence-corrected chi connectivity index (χ4v) is 4.68. The van der Waals surface area contributed by atoms with Crippen LogP contribution in [0.4, 0.5) is 0 Å². The van der Waals surface area contributed by atoms with E-state index in [0.29, 0.717) is 11.4 Å². The van der Waals surface area contributed by atoms with Crippen LogP contribution in [0.2, 0.25) is 0 Å². The molecule has 0 unspecified atom stereocenters. The monoisotopic (exact) mass is 603 g/mol. The minimum Gasteiger partial charge on any atom is -0.494 e. The number of nitrogens with one attached hydrogen (secondary N) is 3. The van der Waals surface area contributed by atoms with Crippen molar-refractivity contribution in [1.82, 2.24) is 15.3 Å². The lowest BCUT2D eigenvalue weighted by molar-refractivity contribution is -0.140. The molecule has 1 amide bonds. The fourth-order valence-electron chi connectivity index (χ4n) is 4.02. The molecule has 1 atom stereocenters. The number of thioether (sulfide) groups is 1. The summed E-state index contributed by atoms with van der Waals surface area (Å²) >= 11 is 0.722. The molecule has 0 bridgehead atoms. The standard InChI is InChI=1S/C33H41N5O4S/c1-5-6-7-8-9-18-42-26-16-14-23(15-17-26)25-20-36-29(37-21-25)24-12-10-22(11-13-24)19-27(31(40)41)38-30(39)28(34)43-32(35)33(2,3)4/h10-17,20-21,27,34-35H,5-9,18-19H2,1-4H3,(H,38,39)(H,40,41)/t27-/m0/s1. The van der Waals surface area contributed by atoms with E-state index < -0.39 is 28.4 Å². The van der Waals surface area contributed by atoms with Crippen molar-refractivity contribution in [2.45, 2.75) is 72.3 Å². The number of carboxylic acids is 1. The zero-order chi connectivity index (χ0) is 31.4. The Bertz CT molecular complexity index is 1380. The Balaban J connectivity index is 1.56. The second-order valence-electron chi connectivity index (χ2n) is 11.4. The van der Waals surface area contributed by atoms with Gasteiger partial charge in [0.1, 0.15) is 11.8 Å². The number of carbonyl (C=O) groups excluding carboxylic acids is 1. The van der Waals surface area contributed by atoms with Gasteiger partial charge in [0.15, 0.2) is 10.9 Å². The number of amides is 1. The number of carboxylic acid groups (broad SMARTS) is 1. The summed E-state index contributed by atoms with van der Waals surface area (Å²) in [7, 11) is 0. The molecule has 0 radical (unpaired) electrons. The van der Waals surface area contributed by atoms with E-state index in [2.05, 4.69) is 22.2 Å². The van der Waals surface area contributed by atoms with Crippen LogP contribution in [0.15, 0.2) is 60.9 Å². The number of aliphatic carboxylic acids is 1. The van der Waals surface area contributed by atoms with Gasteiger partial charge in [0.2, 0.25) is 0 Å². The van der Waals surface area contributed by atoms with Gasteiger partial charge >= 0.3 is 5.97 Å². The maximum atomic E-state index is 12.4. The van der Waals surface area contributed by atoms with Crippen molar-refractivity contribution >= 4 is 33.7 Å². The topological polar surface area (TPSA) is 149 Å². The summed E-state index contributed by atoms with van der Waals surface area (Å²) in [6.45, 7) is 8.35. The second kappa shape index (κ2) is 16.0. The maximum Gasteiger partial charge on any atom is 0.326 e. The number of hydrogen-bond acceptors (Lipinski definition) is 8. The highest BCUT2D eigenvalue weighted by atomic mass is 32.2. The predicted octanol–water partition coefficient (Wildman–Crippen LogP) is 7.01. The van der Waals surface area contributed by atoms with E-state index in [9.17, 15) is 14.7 Å². The molecule has 4 N–H and O–H groups in total. The summed E-state index contributed by atoms with van der Waals surface area (Å²) in [5.74, 6) is -0.647. The van der Waals surface area contributed by atoms with Gasteiger partial charge in [-0.3, -0.25) is 15.6 Å². The number of hydrogen-bond donors (Lipinski definition) is 4. The zero-order valence-electron chi connectivity index (χ0n) is 25.3. The molecule has 2 aromatic carbocycles. The van der Waals surface area contributed by atoms with E-state index in [4.69, 9.17) is 15.6 Å². The number of unbranched alkanes of at least 4 members (excludes halogenated alkanes) is 4. The van der Waals surface area contributed by atoms with E-state index >= 15 is 0 Å². The third kappa shape index (κ3) is 10.6. The van der Waals surface area contributed by atoms with Gasteiger partial charge in [-0.2, -0.15) is 0 Å². The van der Waals surface area contributed by atoms with E-state index in [1.807, 2.05) is 57.2 Å². The fraction of sp³-hybridized carbons (Fsp3) is 0.394. The molecule has 0 saturated carbocycles. The van der Waals surface area contributed by atoms with Crippen molar-refractivity contribution in [3.05, 3.63) is 66.5 Å². The van der Waals surface area contributed by atoms with Crippen LogP contribution in [0, 0.1) is 16.2 Å². The molecule has 0 aliphatic heterocycles. The van der Waals surface area contributed by atoms with Crippen LogP contribution in [0.5, 0.6) is 5.75 Å². The number of rotatable bonds is 13. The van der Waals surface area contributed by atoms with Crippen LogP contribution >= 0.6 is 11.8 Å². The van der Waals surface area contributed by atoms with Gasteiger partial charge in [-0.25, -0.2) is 14.8 Å². The zero-order valence-corrected chi connectivity index (χ0v) is 26.1. The lowest BCUT2D eigenvalue weighted by atomic mass is 9.99. The average molecular weight is 604 g/mol. The van der Waals surface area contributed by atoms with Gasteiger partial charge < -0.3 is 15.2 Å². The van der Waals surface area contributed by atoms with Crippen LogP contribution in [0.25, 0.3) is 22.5 Å². The summed E-state index contributed by atoms with van der Waals surface area (Å²) in [6, 6.07) is 13.8. The maximum absolute atomic E-state index is 12.4. The molecule has 3 aromatic rings. The highest BCUT2D eigenvalue weighted by molar-refractivity contribution is 8.27. The number of aromatic nitrogens is 2. The van der Waals surface area contributed by atoms with Gasteiger partial charge in [0.25, 0.3) is 5.91 Å². The van der Waals surface area contributed by atoms with Crippen molar-refractivity contribution < 1.29 is 19.4 Å². The van der Waals surface area contributed by atoms with E-state index in [-0.39, 0.29) is 11.5 Å². The SMILES string of the molecule is CCCCCCCOc1ccc(-c2cnc(-c3ccc(C[C@H](NC(=O)C(=N)SC(=N)C(C)(C)C)C(=O)O)cc3)nc2)cc1. The van der Waals surface area contributed by atoms with Gasteiger partial charge in [-0.15, -0.1) is 0 Å². The lowest BCUT2D eigenvalue weighted by Crippen LogP contribution is -2.44. The van der Waals surface area contributed by atoms with Crippen molar-refractivity contribution in [3.63, 3.8) is 0 Å². The van der Waals surface area contributed by atoms with E-state index in [1.165, 1.54) is 25.7 Å². The first kappa shape index (κ1) is 33.5. The summed E-state index contributed by atoms with van der Waals surface area (Å²) in [4.78, 5) is 33.3. The van der Waals surface area contributed by atoms with E-state index in [0.717, 1.165) is 47.2 Å². The number of ether oxygens (including phenoxy) is 1. The minimum atomic E-state index is -1.22. The average Bonchev–Trinajstić information content (AvgIpc) is 2.98. The van der Waals surface area contributed by atoms with Crippen LogP contribution in [0.1, 0.15) is 65.4 Å². The molecule has 43 heavy (non-hydrogen) atoms. The first-order chi connectivity index (χ1) is 20.5. The number of carbonyl (C=O) groups is 2. The molecular formula is C33H41N5O4S. The molecule has 228 valence electrons. The van der Waals surface area contributed by atoms with Crippen LogP contribution in [-0.2, 0) is 16.0 Å². The molecule has 0 spiro atoms. The largest absolute Gasteiger partial charge is 0.494 e. The van der Waals surface area contributed by atoms with E-state index in [1.54, 1.807) is 24.5 Å². The predicted molar refractivity (Wildman–Crippen MR) is 173 cm³/mol. The molecule has 0 fully saturated rings. The quantitative estimate of drug-likeness (QED) is 0.0933. The normalized spacial score (nSPS) is 11.9. The molecule has 1 aromatic heterocycles. The number of nitrogens with zero attached hydrogens (tertiary/aromatic N) is 2. The van der Waals surface area contributed by atoms with Crippen LogP contribution in [0.3, 0.4) is 0 Å². The first-order valence-electron chi connectivity index (χ1n) is 14.5. The number of benzene rings is 2. The Kier molecular flexibility index (Phi) is 12.4. The third-order valence-corrected chi connectivity index (χ3v) is 7.91. The summed E-state index contributed by atoms with van der Waals surface area (Å²) in [5, 5.41) is 27.8. The molecule has 9 nitrogen and oxygen atoms in total. The Morgan fingerprint density at radius 1 is 0.907 bits per heavy atom. The van der Waals surface area contributed by atoms with Gasteiger partial charge in [0.05, 0.1) is 11.7 Å². The highest BCUT2D eigenvalue weighted by Gasteiger charge is 2.26. The minimum absolute atomic E-state index is 0.0361. The van der Waals surface area contributed by atoms with Crippen LogP contribution in [-0.4, -0.2) is 49.7 Å². The van der Waals surface area contributed by atoms with Crippen molar-refractivity contribution in [2.24, 2.45) is 5.41 Å². The second-order valence-corrected chi connectivity index (χ2v) is 12.4. The Labute approximate surface area is 257 Å². The van der Waals surface area contributed by atoms with Crippen molar-refractivity contribution in [3.8, 4) is 28.3 Å². The van der Waals surface area contributed by atoms with Gasteiger partial charge in [-0.05, 0) is 41.4 Å². The Morgan fingerprint density at radius 2 is 1.51 bits per heavy atom. The Hall–Kier alpha value is -4.05. The van der Waals surface area contributed by atoms with Crippen molar-refractivity contribution in [2.75, 3.05) is 6.61 Å². The smallest absolute Gasteiger partial charge is 0.326 e. The Morgan fingerprint density at radius 3 is 2.09 bits per heavy atom. The first-order valence-corrected chi connectivity index (χ1v) is 15.3. The molecule has 10 heteroatoms. The summed E-state index contributed by atoms with van der Waals surface area (Å²) < 4.78 is 5.85. The third-order valence-electron chi connectivity index (χ3n) is 6.70. The molecular weight excluding hydrogens is 562 g/mol. The van der Waals surface area contributed by atoms with Crippen molar-refractivity contribution in [1.29, 1.82) is 10.8 Å². The lowest BCUT2D eigenvalue weighted by Gasteiger charge is -2.19. The van der Waals surface area contributed by atoms with Gasteiger partial charge in [-0.1, -0.05) is 89.8 Å². The van der Waals surface area contributed by atoms with Crippen LogP contribution < -0.4 is 10.1 Å². The molecule has 0 saturated heterocycles. The summed E-state index contributed by atoms with van der Waals surface area (Å²) in [6.07, 6.45) is 9.58. The molecule has 0 aliphatic carbocycles.